The minimum Gasteiger partial charge on any atom is -0.545 e. The van der Waals surface area contributed by atoms with E-state index >= 15 is 0 Å². The van der Waals surface area contributed by atoms with Gasteiger partial charge in [0.1, 0.15) is 0 Å². The number of carbonyl (C=O) groups excluding carboxylic acids is 2. The van der Waals surface area contributed by atoms with Crippen LogP contribution in [0.15, 0.2) is 82.8 Å². The molecule has 0 fully saturated rings. The van der Waals surface area contributed by atoms with E-state index < -0.39 is 34.9 Å². The summed E-state index contributed by atoms with van der Waals surface area (Å²) in [5, 5.41) is 58.4. The van der Waals surface area contributed by atoms with E-state index in [1.54, 1.807) is 13.8 Å². The van der Waals surface area contributed by atoms with E-state index in [0.717, 1.165) is 24.2 Å². The van der Waals surface area contributed by atoms with Crippen LogP contribution in [0.25, 0.3) is 0 Å². The molecule has 10 nitrogen and oxygen atoms in total. The molecule has 0 radical (unpaired) electrons. The second-order valence-corrected chi connectivity index (χ2v) is 14.9. The van der Waals surface area contributed by atoms with Crippen molar-refractivity contribution in [1.29, 1.82) is 0 Å². The van der Waals surface area contributed by atoms with Gasteiger partial charge in [0.2, 0.25) is 0 Å². The number of aromatic carboxylic acids is 2. The third-order valence-corrected chi connectivity index (χ3v) is 10.4. The smallest absolute Gasteiger partial charge is 0.545 e. The van der Waals surface area contributed by atoms with Crippen molar-refractivity contribution in [1.82, 2.24) is 0 Å². The Kier molecular flexibility index (Phi) is 26.7. The van der Waals surface area contributed by atoms with E-state index in [2.05, 4.69) is 74.5 Å². The predicted octanol–water partition coefficient (Wildman–Crippen LogP) is 10.7. The normalized spacial score (nSPS) is 11.1. The van der Waals surface area contributed by atoms with Gasteiger partial charge in [0.05, 0.1) is 34.7 Å². The molecule has 0 aliphatic carbocycles. The van der Waals surface area contributed by atoms with E-state index in [1.165, 1.54) is 101 Å². The van der Waals surface area contributed by atoms with Crippen LogP contribution in [0.5, 0.6) is 23.0 Å². The van der Waals surface area contributed by atoms with Crippen molar-refractivity contribution in [3.63, 3.8) is 0 Å². The fourth-order valence-electron chi connectivity index (χ4n) is 6.84. The van der Waals surface area contributed by atoms with E-state index in [0.29, 0.717) is 35.1 Å². The Morgan fingerprint density at radius 1 is 0.508 bits per heavy atom. The van der Waals surface area contributed by atoms with E-state index in [-0.39, 0.29) is 31.5 Å². The Labute approximate surface area is 377 Å². The molecule has 0 spiro atoms. The number of aliphatic imine (C=N–C) groups is 2. The number of aromatic hydroxyl groups is 4. The first-order chi connectivity index (χ1) is 28.8. The number of hydrogen-bond donors (Lipinski definition) is 4. The third kappa shape index (κ3) is 18.7. The maximum absolute atomic E-state index is 10.7. The van der Waals surface area contributed by atoms with Crippen LogP contribution >= 0.6 is 0 Å². The van der Waals surface area contributed by atoms with Crippen LogP contribution in [-0.4, -0.2) is 43.8 Å². The summed E-state index contributed by atoms with van der Waals surface area (Å²) in [6, 6.07) is 23.5. The molecule has 334 valence electrons. The minimum absolute atomic E-state index is 0. The van der Waals surface area contributed by atoms with Crippen LogP contribution in [0.3, 0.4) is 0 Å². The number of phenols is 4. The average Bonchev–Trinajstić information content (AvgIpc) is 3.23. The third-order valence-electron chi connectivity index (χ3n) is 10.4. The van der Waals surface area contributed by atoms with Gasteiger partial charge in [-0.15, -0.1) is 0 Å². The zero-order valence-corrected chi connectivity index (χ0v) is 38.4. The number of hydrogen-bond acceptors (Lipinski definition) is 10. The largest absolute Gasteiger partial charge is 2.00 e. The zero-order chi connectivity index (χ0) is 44.5. The van der Waals surface area contributed by atoms with Gasteiger partial charge in [0, 0.05) is 11.1 Å². The number of carboxylic acid groups (broad SMARTS) is 2. The molecule has 0 bridgehead atoms. The topological polar surface area (TPSA) is 186 Å². The molecule has 4 aromatic rings. The molecular formula is C50H66N2O8Pd. The van der Waals surface area contributed by atoms with Gasteiger partial charge in [-0.3, -0.25) is 9.98 Å². The molecule has 0 aliphatic heterocycles. The average molecular weight is 930 g/mol. The molecule has 0 amide bonds. The number of benzene rings is 4. The fraction of sp³-hybridized carbons (Fsp3) is 0.440. The molecule has 4 rings (SSSR count). The first-order valence-electron chi connectivity index (χ1n) is 21.6. The molecule has 0 saturated heterocycles. The second kappa shape index (κ2) is 30.1. The Morgan fingerprint density at radius 2 is 0.820 bits per heavy atom. The van der Waals surface area contributed by atoms with Crippen LogP contribution in [0, 0.1) is 13.8 Å². The fourth-order valence-corrected chi connectivity index (χ4v) is 6.84. The van der Waals surface area contributed by atoms with Gasteiger partial charge in [0.25, 0.3) is 0 Å². The molecule has 0 atom stereocenters. The summed E-state index contributed by atoms with van der Waals surface area (Å²) < 4.78 is 0. The molecule has 61 heavy (non-hydrogen) atoms. The van der Waals surface area contributed by atoms with Crippen molar-refractivity contribution in [2.75, 3.05) is 0 Å². The minimum atomic E-state index is -1.48. The molecule has 4 N–H and O–H groups in total. The second-order valence-electron chi connectivity index (χ2n) is 14.9. The molecule has 0 aromatic heterocycles. The first kappa shape index (κ1) is 54.0. The van der Waals surface area contributed by atoms with Gasteiger partial charge in [-0.1, -0.05) is 128 Å². The Morgan fingerprint density at radius 3 is 1.11 bits per heavy atom. The van der Waals surface area contributed by atoms with Gasteiger partial charge in [0.15, 0.2) is 23.0 Å². The Bertz CT molecular complexity index is 1840. The summed E-state index contributed by atoms with van der Waals surface area (Å²) in [5.41, 5.74) is 6.01. The molecular weight excluding hydrogens is 863 g/mol. The van der Waals surface area contributed by atoms with Gasteiger partial charge in [-0.05, 0) is 111 Å². The summed E-state index contributed by atoms with van der Waals surface area (Å²) in [6.07, 6.45) is 18.8. The van der Waals surface area contributed by atoms with Crippen molar-refractivity contribution in [2.24, 2.45) is 9.98 Å². The summed E-state index contributed by atoms with van der Waals surface area (Å²) in [5.74, 6) is -5.06. The molecule has 0 saturated carbocycles. The van der Waals surface area contributed by atoms with E-state index in [1.807, 2.05) is 13.8 Å². The van der Waals surface area contributed by atoms with Crippen molar-refractivity contribution >= 4 is 34.7 Å². The monoisotopic (exact) mass is 928 g/mol. The summed E-state index contributed by atoms with van der Waals surface area (Å²) >= 11 is 0. The maximum Gasteiger partial charge on any atom is 2.00 e. The summed E-state index contributed by atoms with van der Waals surface area (Å²) in [4.78, 5) is 31.6. The number of aryl methyl sites for hydroxylation is 2. The van der Waals surface area contributed by atoms with Crippen LogP contribution in [-0.2, 0) is 33.3 Å². The number of para-hydroxylation sites is 2. The molecule has 0 aliphatic rings. The van der Waals surface area contributed by atoms with Crippen molar-refractivity contribution in [2.45, 2.75) is 144 Å². The Balaban J connectivity index is 0.000000529. The van der Waals surface area contributed by atoms with Crippen molar-refractivity contribution in [3.05, 3.63) is 106 Å². The SMILES string of the molecule is CCCCCCCCC(=Nc1ccccc1)C(CCCCCCCC)=Nc1ccccc1.CCc1cc(O)c(O)c(C(=O)[O-])c1C.CCc1cc(O)c(O)c(C(=O)[O-])c1C.[Pd+2]. The molecule has 0 heterocycles. The van der Waals surface area contributed by atoms with Gasteiger partial charge in [-0.25, -0.2) is 0 Å². The van der Waals surface area contributed by atoms with Crippen LogP contribution in [0.2, 0.25) is 0 Å². The number of rotatable bonds is 21. The van der Waals surface area contributed by atoms with Crippen molar-refractivity contribution < 1.29 is 60.7 Å². The number of unbranched alkanes of at least 4 members (excludes halogenated alkanes) is 10. The summed E-state index contributed by atoms with van der Waals surface area (Å²) in [6.45, 7) is 11.4. The van der Waals surface area contributed by atoms with Gasteiger partial charge in [-0.2, -0.15) is 0 Å². The quantitative estimate of drug-likeness (QED) is 0.0275. The molecule has 4 aromatic carbocycles. The van der Waals surface area contributed by atoms with E-state index in [4.69, 9.17) is 9.98 Å². The number of nitrogens with zero attached hydrogens (tertiary/aromatic N) is 2. The number of carboxylic acids is 2. The van der Waals surface area contributed by atoms with Gasteiger partial charge >= 0.3 is 20.4 Å². The van der Waals surface area contributed by atoms with Crippen molar-refractivity contribution in [3.8, 4) is 23.0 Å². The zero-order valence-electron chi connectivity index (χ0n) is 36.9. The standard InChI is InChI=1S/C30H44N2.2C10H12O4.Pd/c1-3-5-7-9-11-19-25-29(31-27-21-15-13-16-22-27)30(26-20-12-10-8-6-4-2)32-28-23-17-14-18-24-28;2*1-3-6-4-7(11)9(12)8(5(6)2)10(13)14;/h13-18,21-24H,3-12,19-20,25-26H2,1-2H3;2*4,11-12H,3H2,1-2H3,(H,13,14);/q;;;+2/p-2. The number of carbonyl (C=O) groups is 2. The maximum atomic E-state index is 10.7. The number of phenolic OH excluding ortho intramolecular Hbond substituents is 2. The van der Waals surface area contributed by atoms with Gasteiger partial charge < -0.3 is 40.2 Å². The van der Waals surface area contributed by atoms with E-state index in [9.17, 15) is 40.2 Å². The Hall–Kier alpha value is -4.98. The van der Waals surface area contributed by atoms with Crippen LogP contribution in [0.4, 0.5) is 11.4 Å². The molecule has 11 heteroatoms. The molecule has 0 unspecified atom stereocenters. The van der Waals surface area contributed by atoms with Crippen LogP contribution < -0.4 is 10.2 Å². The first-order valence-corrected chi connectivity index (χ1v) is 21.6. The summed E-state index contributed by atoms with van der Waals surface area (Å²) in [7, 11) is 0. The predicted molar refractivity (Wildman–Crippen MR) is 239 cm³/mol. The van der Waals surface area contributed by atoms with Crippen LogP contribution in [0.1, 0.15) is 161 Å².